The summed E-state index contributed by atoms with van der Waals surface area (Å²) in [4.78, 5) is 17.1. The van der Waals surface area contributed by atoms with Gasteiger partial charge in [-0.1, -0.05) is 0 Å². The Morgan fingerprint density at radius 1 is 1.12 bits per heavy atom. The van der Waals surface area contributed by atoms with Crippen LogP contribution in [0.3, 0.4) is 0 Å². The summed E-state index contributed by atoms with van der Waals surface area (Å²) in [6.07, 6.45) is 2.07. The summed E-state index contributed by atoms with van der Waals surface area (Å²) in [5.41, 5.74) is 3.79. The van der Waals surface area contributed by atoms with E-state index in [4.69, 9.17) is 0 Å². The molecule has 0 aliphatic carbocycles. The van der Waals surface area contributed by atoms with Crippen molar-refractivity contribution in [1.82, 2.24) is 29.4 Å². The SMILES string of the molecule is Cc1nn(C)cc1CN1CCN(C(=O)c2c(Br)c(C)nn2C)CC1. The van der Waals surface area contributed by atoms with Crippen LogP contribution in [0.4, 0.5) is 0 Å². The number of amides is 1. The third kappa shape index (κ3) is 3.25. The molecule has 0 bridgehead atoms. The van der Waals surface area contributed by atoms with E-state index in [2.05, 4.69) is 37.2 Å². The van der Waals surface area contributed by atoms with Gasteiger partial charge in [0.15, 0.2) is 0 Å². The lowest BCUT2D eigenvalue weighted by molar-refractivity contribution is 0.0616. The van der Waals surface area contributed by atoms with Crippen LogP contribution < -0.4 is 0 Å². The average molecular weight is 395 g/mol. The molecule has 24 heavy (non-hydrogen) atoms. The molecule has 1 saturated heterocycles. The van der Waals surface area contributed by atoms with Crippen LogP contribution in [0.15, 0.2) is 10.7 Å². The van der Waals surface area contributed by atoms with Crippen molar-refractivity contribution in [3.8, 4) is 0 Å². The molecule has 1 fully saturated rings. The number of piperazine rings is 1. The minimum absolute atomic E-state index is 0.0437. The molecule has 1 amide bonds. The number of carbonyl (C=O) groups is 1. The van der Waals surface area contributed by atoms with E-state index in [9.17, 15) is 4.79 Å². The zero-order valence-electron chi connectivity index (χ0n) is 14.6. The highest BCUT2D eigenvalue weighted by molar-refractivity contribution is 9.10. The van der Waals surface area contributed by atoms with Gasteiger partial charge in [0.1, 0.15) is 5.69 Å². The minimum Gasteiger partial charge on any atom is -0.335 e. The second kappa shape index (κ2) is 6.68. The summed E-state index contributed by atoms with van der Waals surface area (Å²) in [6, 6.07) is 0. The van der Waals surface area contributed by atoms with Crippen LogP contribution in [-0.4, -0.2) is 61.4 Å². The van der Waals surface area contributed by atoms with Gasteiger partial charge in [0, 0.05) is 58.6 Å². The van der Waals surface area contributed by atoms with Gasteiger partial charge >= 0.3 is 0 Å². The zero-order valence-corrected chi connectivity index (χ0v) is 16.2. The molecule has 0 radical (unpaired) electrons. The lowest BCUT2D eigenvalue weighted by atomic mass is 10.2. The van der Waals surface area contributed by atoms with Gasteiger partial charge < -0.3 is 4.90 Å². The van der Waals surface area contributed by atoms with E-state index in [0.717, 1.165) is 48.6 Å². The normalized spacial score (nSPS) is 16.0. The molecule has 0 saturated carbocycles. The largest absolute Gasteiger partial charge is 0.335 e. The van der Waals surface area contributed by atoms with Crippen molar-refractivity contribution in [2.45, 2.75) is 20.4 Å². The number of carbonyl (C=O) groups excluding carboxylic acids is 1. The Labute approximate surface area is 150 Å². The van der Waals surface area contributed by atoms with Gasteiger partial charge in [0.05, 0.1) is 15.9 Å². The highest BCUT2D eigenvalue weighted by atomic mass is 79.9. The van der Waals surface area contributed by atoms with Crippen LogP contribution in [0, 0.1) is 13.8 Å². The van der Waals surface area contributed by atoms with Gasteiger partial charge in [0.2, 0.25) is 0 Å². The Morgan fingerprint density at radius 2 is 1.79 bits per heavy atom. The predicted molar refractivity (Wildman–Crippen MR) is 94.8 cm³/mol. The quantitative estimate of drug-likeness (QED) is 0.790. The lowest BCUT2D eigenvalue weighted by Gasteiger charge is -2.34. The van der Waals surface area contributed by atoms with E-state index < -0.39 is 0 Å². The summed E-state index contributed by atoms with van der Waals surface area (Å²) in [5.74, 6) is 0.0437. The molecule has 3 heterocycles. The van der Waals surface area contributed by atoms with Crippen molar-refractivity contribution in [3.05, 3.63) is 33.3 Å². The summed E-state index contributed by atoms with van der Waals surface area (Å²) in [6.45, 7) is 8.02. The van der Waals surface area contributed by atoms with Crippen LogP contribution in [0.1, 0.15) is 27.4 Å². The third-order valence-corrected chi connectivity index (χ3v) is 5.47. The minimum atomic E-state index is 0.0437. The molecule has 1 aliphatic rings. The molecule has 0 atom stereocenters. The first kappa shape index (κ1) is 17.2. The van der Waals surface area contributed by atoms with Gasteiger partial charge in [-0.2, -0.15) is 10.2 Å². The summed E-state index contributed by atoms with van der Waals surface area (Å²) < 4.78 is 4.31. The number of halogens is 1. The second-order valence-corrected chi connectivity index (χ2v) is 7.15. The number of hydrogen-bond acceptors (Lipinski definition) is 4. The topological polar surface area (TPSA) is 59.2 Å². The number of aromatic nitrogens is 4. The molecule has 8 heteroatoms. The smallest absolute Gasteiger partial charge is 0.273 e. The van der Waals surface area contributed by atoms with Crippen molar-refractivity contribution < 1.29 is 4.79 Å². The van der Waals surface area contributed by atoms with Gasteiger partial charge in [-0.3, -0.25) is 19.1 Å². The van der Waals surface area contributed by atoms with Crippen LogP contribution in [-0.2, 0) is 20.6 Å². The van der Waals surface area contributed by atoms with Crippen LogP contribution in [0.2, 0.25) is 0 Å². The standard InChI is InChI=1S/C16H23BrN6O/c1-11-13(9-20(3)18-11)10-22-5-7-23(8-6-22)16(24)15-14(17)12(2)19-21(15)4/h9H,5-8,10H2,1-4H3. The van der Waals surface area contributed by atoms with Gasteiger partial charge in [-0.05, 0) is 29.8 Å². The van der Waals surface area contributed by atoms with Gasteiger partial charge in [-0.15, -0.1) is 0 Å². The molecular formula is C16H23BrN6O. The van der Waals surface area contributed by atoms with Crippen LogP contribution >= 0.6 is 15.9 Å². The van der Waals surface area contributed by atoms with E-state index in [-0.39, 0.29) is 5.91 Å². The number of rotatable bonds is 3. The number of hydrogen-bond donors (Lipinski definition) is 0. The van der Waals surface area contributed by atoms with Crippen molar-refractivity contribution >= 4 is 21.8 Å². The van der Waals surface area contributed by atoms with Crippen LogP contribution in [0.25, 0.3) is 0 Å². The maximum absolute atomic E-state index is 12.8. The Bertz CT molecular complexity index is 757. The Hall–Kier alpha value is -1.67. The molecule has 7 nitrogen and oxygen atoms in total. The summed E-state index contributed by atoms with van der Waals surface area (Å²) >= 11 is 3.48. The van der Waals surface area contributed by atoms with Crippen molar-refractivity contribution in [1.29, 1.82) is 0 Å². The first-order valence-electron chi connectivity index (χ1n) is 8.06. The summed E-state index contributed by atoms with van der Waals surface area (Å²) in [7, 11) is 3.76. The van der Waals surface area contributed by atoms with E-state index in [1.54, 1.807) is 4.68 Å². The van der Waals surface area contributed by atoms with Gasteiger partial charge in [-0.25, -0.2) is 0 Å². The molecule has 0 aromatic carbocycles. The van der Waals surface area contributed by atoms with E-state index in [1.807, 2.05) is 37.5 Å². The molecule has 0 spiro atoms. The molecule has 3 rings (SSSR count). The molecule has 2 aromatic rings. The van der Waals surface area contributed by atoms with Crippen molar-refractivity contribution in [3.63, 3.8) is 0 Å². The Balaban J connectivity index is 1.62. The maximum Gasteiger partial charge on any atom is 0.273 e. The highest BCUT2D eigenvalue weighted by Crippen LogP contribution is 2.22. The maximum atomic E-state index is 12.8. The zero-order chi connectivity index (χ0) is 17.4. The highest BCUT2D eigenvalue weighted by Gasteiger charge is 2.27. The number of nitrogens with zero attached hydrogens (tertiary/aromatic N) is 6. The predicted octanol–water partition coefficient (Wildman–Crippen LogP) is 1.49. The molecule has 0 N–H and O–H groups in total. The monoisotopic (exact) mass is 394 g/mol. The first-order chi connectivity index (χ1) is 11.4. The van der Waals surface area contributed by atoms with Crippen molar-refractivity contribution in [2.24, 2.45) is 14.1 Å². The Morgan fingerprint density at radius 3 is 2.29 bits per heavy atom. The van der Waals surface area contributed by atoms with E-state index in [0.29, 0.717) is 5.69 Å². The fourth-order valence-corrected chi connectivity index (χ4v) is 3.67. The molecule has 0 unspecified atom stereocenters. The number of aryl methyl sites for hydroxylation is 4. The van der Waals surface area contributed by atoms with E-state index in [1.165, 1.54) is 5.56 Å². The molecule has 2 aromatic heterocycles. The Kier molecular flexibility index (Phi) is 4.78. The third-order valence-electron chi connectivity index (χ3n) is 4.52. The van der Waals surface area contributed by atoms with Crippen molar-refractivity contribution in [2.75, 3.05) is 26.2 Å². The van der Waals surface area contributed by atoms with Crippen LogP contribution in [0.5, 0.6) is 0 Å². The average Bonchev–Trinajstić information content (AvgIpc) is 2.98. The fraction of sp³-hybridized carbons (Fsp3) is 0.562. The summed E-state index contributed by atoms with van der Waals surface area (Å²) in [5, 5.41) is 8.70. The molecule has 1 aliphatic heterocycles. The van der Waals surface area contributed by atoms with E-state index >= 15 is 0 Å². The van der Waals surface area contributed by atoms with Gasteiger partial charge in [0.25, 0.3) is 5.91 Å². The lowest BCUT2D eigenvalue weighted by Crippen LogP contribution is -2.48. The first-order valence-corrected chi connectivity index (χ1v) is 8.86. The fourth-order valence-electron chi connectivity index (χ4n) is 3.17. The molecular weight excluding hydrogens is 372 g/mol. The second-order valence-electron chi connectivity index (χ2n) is 6.35. The molecule has 130 valence electrons.